The van der Waals surface area contributed by atoms with Gasteiger partial charge in [-0.05, 0) is 25.3 Å². The van der Waals surface area contributed by atoms with Crippen molar-refractivity contribution < 1.29 is 13.2 Å². The normalized spacial score (nSPS) is 20.9. The summed E-state index contributed by atoms with van der Waals surface area (Å²) in [4.78, 5) is 5.86. The molecule has 0 spiro atoms. The lowest BCUT2D eigenvalue weighted by molar-refractivity contribution is -0.143. The average Bonchev–Trinajstić information content (AvgIpc) is 2.93. The highest BCUT2D eigenvalue weighted by Gasteiger charge is 2.34. The highest BCUT2D eigenvalue weighted by molar-refractivity contribution is 7.13. The maximum absolute atomic E-state index is 12.3. The third-order valence-electron chi connectivity index (χ3n) is 3.23. The van der Waals surface area contributed by atoms with Crippen molar-refractivity contribution in [3.63, 3.8) is 0 Å². The van der Waals surface area contributed by atoms with Gasteiger partial charge in [0.25, 0.3) is 0 Å². The number of rotatable bonds is 5. The van der Waals surface area contributed by atoms with Gasteiger partial charge in [-0.25, -0.2) is 4.98 Å². The predicted molar refractivity (Wildman–Crippen MR) is 70.6 cm³/mol. The van der Waals surface area contributed by atoms with E-state index in [1.54, 1.807) is 11.3 Å². The van der Waals surface area contributed by atoms with Crippen LogP contribution in [0.1, 0.15) is 19.0 Å². The zero-order valence-corrected chi connectivity index (χ0v) is 11.7. The second-order valence-corrected chi connectivity index (χ2v) is 5.74. The Kier molecular flexibility index (Phi) is 4.67. The number of alkyl halides is 3. The lowest BCUT2D eigenvalue weighted by atomic mass is 10.1. The van der Waals surface area contributed by atoms with E-state index < -0.39 is 12.7 Å². The van der Waals surface area contributed by atoms with Crippen LogP contribution in [0.25, 0.3) is 0 Å². The van der Waals surface area contributed by atoms with Gasteiger partial charge in [0.15, 0.2) is 5.13 Å². The van der Waals surface area contributed by atoms with Crippen molar-refractivity contribution in [2.45, 2.75) is 25.9 Å². The fourth-order valence-electron chi connectivity index (χ4n) is 2.26. The minimum atomic E-state index is -4.09. The molecule has 1 aliphatic heterocycles. The average molecular weight is 293 g/mol. The Bertz CT molecular complexity index is 405. The number of thiazole rings is 1. The lowest BCUT2D eigenvalue weighted by Crippen LogP contribution is -2.33. The first-order valence-electron chi connectivity index (χ1n) is 6.43. The summed E-state index contributed by atoms with van der Waals surface area (Å²) in [6.45, 7) is 3.00. The van der Waals surface area contributed by atoms with E-state index in [0.29, 0.717) is 19.6 Å². The summed E-state index contributed by atoms with van der Waals surface area (Å²) in [5.41, 5.74) is 1.05. The molecule has 1 fully saturated rings. The molecule has 1 aromatic rings. The zero-order chi connectivity index (χ0) is 13.9. The van der Waals surface area contributed by atoms with Crippen LogP contribution in [0.4, 0.5) is 18.3 Å². The SMILES string of the molecule is CCc1csc(NCC2CCN(CC(F)(F)F)C2)n1. The number of likely N-dealkylation sites (tertiary alicyclic amines) is 1. The number of nitrogens with zero attached hydrogens (tertiary/aromatic N) is 2. The van der Waals surface area contributed by atoms with E-state index >= 15 is 0 Å². The van der Waals surface area contributed by atoms with Gasteiger partial charge in [-0.2, -0.15) is 13.2 Å². The van der Waals surface area contributed by atoms with Gasteiger partial charge in [-0.1, -0.05) is 6.92 Å². The van der Waals surface area contributed by atoms with Crippen molar-refractivity contribution >= 4 is 16.5 Å². The van der Waals surface area contributed by atoms with E-state index in [1.807, 2.05) is 12.3 Å². The second kappa shape index (κ2) is 6.09. The first-order valence-corrected chi connectivity index (χ1v) is 7.31. The number of aryl methyl sites for hydroxylation is 1. The minimum Gasteiger partial charge on any atom is -0.361 e. The Morgan fingerprint density at radius 2 is 2.32 bits per heavy atom. The molecule has 0 aromatic carbocycles. The van der Waals surface area contributed by atoms with Crippen molar-refractivity contribution in [1.29, 1.82) is 0 Å². The summed E-state index contributed by atoms with van der Waals surface area (Å²) in [6, 6.07) is 0. The molecule has 19 heavy (non-hydrogen) atoms. The molecule has 1 N–H and O–H groups in total. The summed E-state index contributed by atoms with van der Waals surface area (Å²) in [7, 11) is 0. The molecule has 0 amide bonds. The fraction of sp³-hybridized carbons (Fsp3) is 0.750. The van der Waals surface area contributed by atoms with E-state index in [2.05, 4.69) is 10.3 Å². The summed E-state index contributed by atoms with van der Waals surface area (Å²) >= 11 is 1.55. The number of aromatic nitrogens is 1. The van der Waals surface area contributed by atoms with Gasteiger partial charge in [0.05, 0.1) is 12.2 Å². The van der Waals surface area contributed by atoms with E-state index in [-0.39, 0.29) is 5.92 Å². The topological polar surface area (TPSA) is 28.2 Å². The Labute approximate surface area is 114 Å². The Morgan fingerprint density at radius 1 is 1.53 bits per heavy atom. The van der Waals surface area contributed by atoms with E-state index in [0.717, 1.165) is 23.7 Å². The maximum Gasteiger partial charge on any atom is 0.401 e. The van der Waals surface area contributed by atoms with Crippen LogP contribution in [-0.4, -0.2) is 42.2 Å². The second-order valence-electron chi connectivity index (χ2n) is 4.88. The Balaban J connectivity index is 1.73. The molecule has 7 heteroatoms. The van der Waals surface area contributed by atoms with Crippen molar-refractivity contribution in [1.82, 2.24) is 9.88 Å². The molecule has 2 heterocycles. The number of anilines is 1. The lowest BCUT2D eigenvalue weighted by Gasteiger charge is -2.17. The van der Waals surface area contributed by atoms with E-state index in [1.165, 1.54) is 4.90 Å². The molecule has 1 saturated heterocycles. The molecular weight excluding hydrogens is 275 g/mol. The third-order valence-corrected chi connectivity index (χ3v) is 4.08. The summed E-state index contributed by atoms with van der Waals surface area (Å²) in [5, 5.41) is 6.10. The minimum absolute atomic E-state index is 0.274. The molecule has 2 rings (SSSR count). The molecule has 1 unspecified atom stereocenters. The molecule has 108 valence electrons. The third kappa shape index (κ3) is 4.65. The van der Waals surface area contributed by atoms with Crippen LogP contribution in [0, 0.1) is 5.92 Å². The Morgan fingerprint density at radius 3 is 2.95 bits per heavy atom. The number of hydrogen-bond donors (Lipinski definition) is 1. The molecule has 1 aromatic heterocycles. The molecular formula is C12H18F3N3S. The molecule has 3 nitrogen and oxygen atoms in total. The molecule has 0 radical (unpaired) electrons. The van der Waals surface area contributed by atoms with Crippen LogP contribution < -0.4 is 5.32 Å². The number of nitrogens with one attached hydrogen (secondary N) is 1. The van der Waals surface area contributed by atoms with Gasteiger partial charge in [0.2, 0.25) is 0 Å². The van der Waals surface area contributed by atoms with Crippen LogP contribution in [-0.2, 0) is 6.42 Å². The fourth-order valence-corrected chi connectivity index (χ4v) is 3.06. The van der Waals surface area contributed by atoms with Crippen LogP contribution in [0.15, 0.2) is 5.38 Å². The van der Waals surface area contributed by atoms with Crippen molar-refractivity contribution in [2.75, 3.05) is 31.5 Å². The van der Waals surface area contributed by atoms with Gasteiger partial charge >= 0.3 is 6.18 Å². The molecule has 1 aliphatic rings. The summed E-state index contributed by atoms with van der Waals surface area (Å²) in [6.07, 6.45) is -2.37. The van der Waals surface area contributed by atoms with E-state index in [9.17, 15) is 13.2 Å². The first-order chi connectivity index (χ1) is 8.96. The smallest absolute Gasteiger partial charge is 0.361 e. The molecule has 0 aliphatic carbocycles. The summed E-state index contributed by atoms with van der Waals surface area (Å²) in [5.74, 6) is 0.274. The van der Waals surface area contributed by atoms with Crippen LogP contribution in [0.5, 0.6) is 0 Å². The van der Waals surface area contributed by atoms with Gasteiger partial charge in [-0.3, -0.25) is 4.90 Å². The zero-order valence-electron chi connectivity index (χ0n) is 10.8. The first kappa shape index (κ1) is 14.6. The van der Waals surface area contributed by atoms with Crippen molar-refractivity contribution in [3.8, 4) is 0 Å². The highest BCUT2D eigenvalue weighted by Crippen LogP contribution is 2.23. The molecule has 1 atom stereocenters. The number of hydrogen-bond acceptors (Lipinski definition) is 4. The Hall–Kier alpha value is -0.820. The maximum atomic E-state index is 12.3. The monoisotopic (exact) mass is 293 g/mol. The van der Waals surface area contributed by atoms with Crippen molar-refractivity contribution in [2.24, 2.45) is 5.92 Å². The van der Waals surface area contributed by atoms with Gasteiger partial charge in [-0.15, -0.1) is 11.3 Å². The van der Waals surface area contributed by atoms with Gasteiger partial charge < -0.3 is 5.32 Å². The summed E-state index contributed by atoms with van der Waals surface area (Å²) < 4.78 is 36.8. The van der Waals surface area contributed by atoms with Gasteiger partial charge in [0, 0.05) is 18.5 Å². The molecule has 0 bridgehead atoms. The predicted octanol–water partition coefficient (Wildman–Crippen LogP) is 3.00. The number of halogens is 3. The largest absolute Gasteiger partial charge is 0.401 e. The van der Waals surface area contributed by atoms with Crippen molar-refractivity contribution in [3.05, 3.63) is 11.1 Å². The van der Waals surface area contributed by atoms with Crippen LogP contribution >= 0.6 is 11.3 Å². The van der Waals surface area contributed by atoms with Crippen LogP contribution in [0.2, 0.25) is 0 Å². The van der Waals surface area contributed by atoms with Crippen LogP contribution in [0.3, 0.4) is 0 Å². The quantitative estimate of drug-likeness (QED) is 0.904. The van der Waals surface area contributed by atoms with Gasteiger partial charge in [0.1, 0.15) is 0 Å². The molecule has 0 saturated carbocycles. The highest BCUT2D eigenvalue weighted by atomic mass is 32.1. The van der Waals surface area contributed by atoms with E-state index in [4.69, 9.17) is 0 Å². The standard InChI is InChI=1S/C12H18F3N3S/c1-2-10-7-19-11(17-10)16-5-9-3-4-18(6-9)8-12(13,14)15/h7,9H,2-6,8H2,1H3,(H,16,17).